The number of carbonyl (C=O) groups excluding carboxylic acids is 2. The average Bonchev–Trinajstić information content (AvgIpc) is 2.93. The molecule has 0 unspecified atom stereocenters. The molecule has 3 aromatic carbocycles. The SMILES string of the molecule is C[C@@H]1CN([C@@H](C)CO)C(=O)c2cc(NC(=O)Nc3ccccc3)ccc2O[C@H]1CN(C)Cc1ccc(Cl)c(Cl)c1. The van der Waals surface area contributed by atoms with Gasteiger partial charge in [-0.1, -0.05) is 54.4 Å². The fraction of sp³-hybridized carbons (Fsp3) is 0.333. The van der Waals surface area contributed by atoms with Crippen molar-refractivity contribution in [3.05, 3.63) is 87.9 Å². The van der Waals surface area contributed by atoms with E-state index in [2.05, 4.69) is 15.5 Å². The van der Waals surface area contributed by atoms with Crippen molar-refractivity contribution in [2.24, 2.45) is 5.92 Å². The van der Waals surface area contributed by atoms with Gasteiger partial charge in [0.1, 0.15) is 11.9 Å². The maximum Gasteiger partial charge on any atom is 0.323 e. The maximum absolute atomic E-state index is 13.7. The van der Waals surface area contributed by atoms with Crippen LogP contribution in [0.15, 0.2) is 66.7 Å². The summed E-state index contributed by atoms with van der Waals surface area (Å²) >= 11 is 12.3. The third-order valence-electron chi connectivity index (χ3n) is 6.88. The number of rotatable bonds is 8. The van der Waals surface area contributed by atoms with Crippen LogP contribution < -0.4 is 15.4 Å². The number of nitrogens with zero attached hydrogens (tertiary/aromatic N) is 2. The Hall–Kier alpha value is -3.30. The quantitative estimate of drug-likeness (QED) is 0.302. The molecule has 0 bridgehead atoms. The van der Waals surface area contributed by atoms with Crippen LogP contribution in [-0.4, -0.2) is 65.7 Å². The van der Waals surface area contributed by atoms with Crippen LogP contribution in [0.25, 0.3) is 0 Å². The number of anilines is 2. The van der Waals surface area contributed by atoms with Crippen LogP contribution in [0.4, 0.5) is 16.2 Å². The molecule has 3 aromatic rings. The first-order valence-corrected chi connectivity index (χ1v) is 13.9. The third-order valence-corrected chi connectivity index (χ3v) is 7.62. The zero-order valence-electron chi connectivity index (χ0n) is 22.7. The van der Waals surface area contributed by atoms with Gasteiger partial charge >= 0.3 is 6.03 Å². The van der Waals surface area contributed by atoms with E-state index >= 15 is 0 Å². The van der Waals surface area contributed by atoms with Crippen molar-refractivity contribution in [2.45, 2.75) is 32.5 Å². The summed E-state index contributed by atoms with van der Waals surface area (Å²) in [6.07, 6.45) is -0.256. The van der Waals surface area contributed by atoms with E-state index in [1.807, 2.05) is 51.2 Å². The van der Waals surface area contributed by atoms with Gasteiger partial charge in [-0.2, -0.15) is 0 Å². The van der Waals surface area contributed by atoms with E-state index in [9.17, 15) is 14.7 Å². The number of benzene rings is 3. The molecule has 8 nitrogen and oxygen atoms in total. The second-order valence-electron chi connectivity index (χ2n) is 10.2. The van der Waals surface area contributed by atoms with Crippen LogP contribution in [0.5, 0.6) is 5.75 Å². The van der Waals surface area contributed by atoms with Gasteiger partial charge in [0.25, 0.3) is 5.91 Å². The molecule has 0 radical (unpaired) electrons. The standard InChI is InChI=1S/C30H34Cl2N4O4/c1-19-15-36(20(2)18-37)29(38)24-14-23(34-30(39)33-22-7-5-4-6-8-22)10-12-27(24)40-28(19)17-35(3)16-21-9-11-25(31)26(32)13-21/h4-14,19-20,28,37H,15-18H2,1-3H3,(H2,33,34,39)/t19-,20+,28+/m1/s1. The number of ether oxygens (including phenoxy) is 1. The number of urea groups is 1. The molecule has 0 aliphatic carbocycles. The van der Waals surface area contributed by atoms with Gasteiger partial charge in [0.05, 0.1) is 28.3 Å². The highest BCUT2D eigenvalue weighted by molar-refractivity contribution is 6.42. The first-order valence-electron chi connectivity index (χ1n) is 13.1. The fourth-order valence-corrected chi connectivity index (χ4v) is 4.98. The first-order chi connectivity index (χ1) is 19.1. The zero-order chi connectivity index (χ0) is 28.8. The monoisotopic (exact) mass is 584 g/mol. The Bertz CT molecular complexity index is 1340. The molecule has 4 rings (SSSR count). The summed E-state index contributed by atoms with van der Waals surface area (Å²) in [5.74, 6) is 0.128. The lowest BCUT2D eigenvalue weighted by Gasteiger charge is -2.38. The molecule has 0 saturated carbocycles. The fourth-order valence-electron chi connectivity index (χ4n) is 4.65. The highest BCUT2D eigenvalue weighted by Gasteiger charge is 2.33. The number of carbonyl (C=O) groups is 2. The Morgan fingerprint density at radius 2 is 1.80 bits per heavy atom. The van der Waals surface area contributed by atoms with Crippen LogP contribution in [0.1, 0.15) is 29.8 Å². The summed E-state index contributed by atoms with van der Waals surface area (Å²) in [5.41, 5.74) is 2.44. The molecule has 1 heterocycles. The van der Waals surface area contributed by atoms with Gasteiger partial charge in [-0.3, -0.25) is 9.69 Å². The number of amides is 3. The molecule has 3 amide bonds. The summed E-state index contributed by atoms with van der Waals surface area (Å²) < 4.78 is 6.46. The second kappa shape index (κ2) is 13.4. The predicted molar refractivity (Wildman–Crippen MR) is 159 cm³/mol. The normalized spacial score (nSPS) is 17.9. The first kappa shape index (κ1) is 29.7. The van der Waals surface area contributed by atoms with Gasteiger partial charge in [-0.25, -0.2) is 4.79 Å². The molecule has 0 fully saturated rings. The van der Waals surface area contributed by atoms with Crippen LogP contribution >= 0.6 is 23.2 Å². The molecule has 3 N–H and O–H groups in total. The number of likely N-dealkylation sites (N-methyl/N-ethyl adjacent to an activating group) is 1. The number of hydrogen-bond acceptors (Lipinski definition) is 5. The molecule has 10 heteroatoms. The number of nitrogens with one attached hydrogen (secondary N) is 2. The van der Waals surface area contributed by atoms with Crippen molar-refractivity contribution in [2.75, 3.05) is 37.4 Å². The van der Waals surface area contributed by atoms with Gasteiger partial charge in [0, 0.05) is 36.9 Å². The topological polar surface area (TPSA) is 94.1 Å². The number of fused-ring (bicyclic) bond motifs is 1. The van der Waals surface area contributed by atoms with Gasteiger partial charge in [0.2, 0.25) is 0 Å². The van der Waals surface area contributed by atoms with E-state index < -0.39 is 12.1 Å². The van der Waals surface area contributed by atoms with E-state index in [1.54, 1.807) is 41.3 Å². The lowest BCUT2D eigenvalue weighted by molar-refractivity contribution is 0.0341. The number of aliphatic hydroxyl groups is 1. The highest BCUT2D eigenvalue weighted by Crippen LogP contribution is 2.31. The molecule has 1 aliphatic heterocycles. The van der Waals surface area contributed by atoms with Crippen LogP contribution in [-0.2, 0) is 6.54 Å². The Morgan fingerprint density at radius 3 is 2.50 bits per heavy atom. The minimum atomic E-state index is -0.429. The minimum Gasteiger partial charge on any atom is -0.488 e. The number of halogens is 2. The smallest absolute Gasteiger partial charge is 0.323 e. The van der Waals surface area contributed by atoms with Gasteiger partial charge in [-0.05, 0) is 62.0 Å². The Labute approximate surface area is 244 Å². The van der Waals surface area contributed by atoms with E-state index in [4.69, 9.17) is 27.9 Å². The molecule has 40 heavy (non-hydrogen) atoms. The zero-order valence-corrected chi connectivity index (χ0v) is 24.2. The number of para-hydroxylation sites is 1. The molecule has 0 saturated heterocycles. The summed E-state index contributed by atoms with van der Waals surface area (Å²) in [4.78, 5) is 30.0. The Morgan fingerprint density at radius 1 is 1.07 bits per heavy atom. The lowest BCUT2D eigenvalue weighted by Crippen LogP contribution is -2.49. The molecule has 0 aromatic heterocycles. The number of aliphatic hydroxyl groups excluding tert-OH is 1. The van der Waals surface area contributed by atoms with E-state index in [0.29, 0.717) is 52.4 Å². The molecular formula is C30H34Cl2N4O4. The predicted octanol–water partition coefficient (Wildman–Crippen LogP) is 5.99. The van der Waals surface area contributed by atoms with E-state index in [-0.39, 0.29) is 24.5 Å². The van der Waals surface area contributed by atoms with E-state index in [0.717, 1.165) is 5.56 Å². The largest absolute Gasteiger partial charge is 0.488 e. The lowest BCUT2D eigenvalue weighted by atomic mass is 9.99. The van der Waals surface area contributed by atoms with E-state index in [1.165, 1.54) is 0 Å². The van der Waals surface area contributed by atoms with Crippen LogP contribution in [0.2, 0.25) is 10.0 Å². The van der Waals surface area contributed by atoms with Crippen molar-refractivity contribution in [3.63, 3.8) is 0 Å². The van der Waals surface area contributed by atoms with Crippen LogP contribution in [0.3, 0.4) is 0 Å². The van der Waals surface area contributed by atoms with Gasteiger partial charge in [0.15, 0.2) is 0 Å². The van der Waals surface area contributed by atoms with Crippen LogP contribution in [0, 0.1) is 5.92 Å². The molecule has 3 atom stereocenters. The summed E-state index contributed by atoms with van der Waals surface area (Å²) in [5, 5.41) is 16.5. The third kappa shape index (κ3) is 7.46. The van der Waals surface area contributed by atoms with Crippen molar-refractivity contribution >= 4 is 46.5 Å². The Kier molecular flexibility index (Phi) is 9.92. The molecule has 212 valence electrons. The summed E-state index contributed by atoms with van der Waals surface area (Å²) in [7, 11) is 2.00. The summed E-state index contributed by atoms with van der Waals surface area (Å²) in [6.45, 7) is 5.29. The van der Waals surface area contributed by atoms with Gasteiger partial charge < -0.3 is 25.4 Å². The van der Waals surface area contributed by atoms with Crippen molar-refractivity contribution in [3.8, 4) is 5.75 Å². The maximum atomic E-state index is 13.7. The van der Waals surface area contributed by atoms with Crippen molar-refractivity contribution < 1.29 is 19.4 Å². The Balaban J connectivity index is 1.56. The van der Waals surface area contributed by atoms with Crippen molar-refractivity contribution in [1.29, 1.82) is 0 Å². The average molecular weight is 586 g/mol. The molecular weight excluding hydrogens is 551 g/mol. The van der Waals surface area contributed by atoms with Crippen molar-refractivity contribution in [1.82, 2.24) is 9.80 Å². The van der Waals surface area contributed by atoms with Gasteiger partial charge in [-0.15, -0.1) is 0 Å². The second-order valence-corrected chi connectivity index (χ2v) is 11.0. The highest BCUT2D eigenvalue weighted by atomic mass is 35.5. The summed E-state index contributed by atoms with van der Waals surface area (Å²) in [6, 6.07) is 18.9. The molecule has 0 spiro atoms. The number of hydrogen-bond donors (Lipinski definition) is 3. The molecule has 1 aliphatic rings. The minimum absolute atomic E-state index is 0.0307.